The summed E-state index contributed by atoms with van der Waals surface area (Å²) in [5.74, 6) is -0.642. The molecule has 1 amide bonds. The summed E-state index contributed by atoms with van der Waals surface area (Å²) >= 11 is 0. The first-order valence-corrected chi connectivity index (χ1v) is 9.80. The summed E-state index contributed by atoms with van der Waals surface area (Å²) in [4.78, 5) is 11.6. The fourth-order valence-corrected chi connectivity index (χ4v) is 2.94. The van der Waals surface area contributed by atoms with E-state index in [2.05, 4.69) is 10.0 Å². The maximum atomic E-state index is 12.1. The van der Waals surface area contributed by atoms with Crippen molar-refractivity contribution in [2.75, 3.05) is 16.3 Å². The molecule has 2 aromatic carbocycles. The number of benzene rings is 2. The van der Waals surface area contributed by atoms with E-state index < -0.39 is 30.9 Å². The van der Waals surface area contributed by atoms with E-state index in [1.54, 1.807) is 0 Å². The Morgan fingerprint density at radius 1 is 0.960 bits per heavy atom. The molecule has 0 aliphatic heterocycles. The summed E-state index contributed by atoms with van der Waals surface area (Å²) in [5, 5.41) is 2.49. The van der Waals surface area contributed by atoms with Gasteiger partial charge in [0.25, 0.3) is 5.91 Å². The number of hydrogen-bond acceptors (Lipinski definition) is 6. The molecular weight excluding hydrogens is 363 g/mol. The minimum absolute atomic E-state index is 0. The summed E-state index contributed by atoms with van der Waals surface area (Å²) in [6.45, 7) is 0. The second-order valence-corrected chi connectivity index (χ2v) is 8.02. The molecule has 0 radical (unpaired) electrons. The SMILES string of the molecule is CS(=O)(=O)Nc1cccc(NC(=O)c2cccc(S(=O)(=O)[O-])c2)c1.[Li+]. The molecular formula is C14H13LiN2O6S2. The van der Waals surface area contributed by atoms with Crippen molar-refractivity contribution in [3.63, 3.8) is 0 Å². The van der Waals surface area contributed by atoms with Gasteiger partial charge in [0.1, 0.15) is 10.1 Å². The number of carbonyl (C=O) groups is 1. The molecule has 0 heterocycles. The third-order valence-electron chi connectivity index (χ3n) is 2.81. The number of hydrogen-bond donors (Lipinski definition) is 2. The molecule has 2 N–H and O–H groups in total. The molecule has 2 rings (SSSR count). The Balaban J connectivity index is 0.00000312. The van der Waals surface area contributed by atoms with E-state index in [1.807, 2.05) is 0 Å². The molecule has 2 aromatic rings. The van der Waals surface area contributed by atoms with Gasteiger partial charge < -0.3 is 9.87 Å². The summed E-state index contributed by atoms with van der Waals surface area (Å²) in [7, 11) is -8.13. The van der Waals surface area contributed by atoms with Crippen LogP contribution in [0.5, 0.6) is 0 Å². The van der Waals surface area contributed by atoms with Gasteiger partial charge in [0.05, 0.1) is 16.8 Å². The van der Waals surface area contributed by atoms with Crippen LogP contribution in [0.15, 0.2) is 53.4 Å². The molecule has 0 unspecified atom stereocenters. The molecule has 8 nitrogen and oxygen atoms in total. The second-order valence-electron chi connectivity index (χ2n) is 4.89. The molecule has 0 fully saturated rings. The van der Waals surface area contributed by atoms with Crippen molar-refractivity contribution in [3.05, 3.63) is 54.1 Å². The predicted molar refractivity (Wildman–Crippen MR) is 87.3 cm³/mol. The van der Waals surface area contributed by atoms with E-state index in [0.717, 1.165) is 18.4 Å². The normalized spacial score (nSPS) is 11.3. The van der Waals surface area contributed by atoms with E-state index in [4.69, 9.17) is 0 Å². The number of carbonyl (C=O) groups excluding carboxylic acids is 1. The van der Waals surface area contributed by atoms with E-state index >= 15 is 0 Å². The Kier molecular flexibility index (Phi) is 6.81. The van der Waals surface area contributed by atoms with E-state index in [1.165, 1.54) is 36.4 Å². The molecule has 11 heteroatoms. The van der Waals surface area contributed by atoms with Crippen LogP contribution in [0.1, 0.15) is 10.4 Å². The van der Waals surface area contributed by atoms with Crippen molar-refractivity contribution >= 4 is 37.4 Å². The van der Waals surface area contributed by atoms with Gasteiger partial charge in [0, 0.05) is 11.3 Å². The Morgan fingerprint density at radius 3 is 2.16 bits per heavy atom. The van der Waals surface area contributed by atoms with Crippen molar-refractivity contribution in [2.45, 2.75) is 4.90 Å². The van der Waals surface area contributed by atoms with Gasteiger partial charge in [-0.05, 0) is 36.4 Å². The molecule has 25 heavy (non-hydrogen) atoms. The Bertz CT molecular complexity index is 990. The van der Waals surface area contributed by atoms with Crippen molar-refractivity contribution < 1.29 is 45.0 Å². The molecule has 0 aliphatic carbocycles. The van der Waals surface area contributed by atoms with Crippen LogP contribution < -0.4 is 28.9 Å². The quantitative estimate of drug-likeness (QED) is 0.468. The minimum atomic E-state index is -4.67. The van der Waals surface area contributed by atoms with E-state index in [-0.39, 0.29) is 30.1 Å². The van der Waals surface area contributed by atoms with Gasteiger partial charge in [0.2, 0.25) is 10.0 Å². The van der Waals surface area contributed by atoms with Crippen LogP contribution >= 0.6 is 0 Å². The number of rotatable bonds is 5. The van der Waals surface area contributed by atoms with Crippen LogP contribution in [0.25, 0.3) is 0 Å². The molecule has 0 saturated heterocycles. The predicted octanol–water partition coefficient (Wildman–Crippen LogP) is -1.78. The van der Waals surface area contributed by atoms with Crippen molar-refractivity contribution in [2.24, 2.45) is 0 Å². The van der Waals surface area contributed by atoms with Crippen LogP contribution in [0.2, 0.25) is 0 Å². The second kappa shape index (κ2) is 8.03. The minimum Gasteiger partial charge on any atom is -0.744 e. The Hall–Kier alpha value is -1.83. The number of nitrogens with one attached hydrogen (secondary N) is 2. The number of anilines is 2. The van der Waals surface area contributed by atoms with Crippen molar-refractivity contribution in [1.82, 2.24) is 0 Å². The first kappa shape index (κ1) is 21.2. The summed E-state index contributed by atoms with van der Waals surface area (Å²) in [6, 6.07) is 10.6. The maximum absolute atomic E-state index is 12.1. The van der Waals surface area contributed by atoms with Crippen molar-refractivity contribution in [3.8, 4) is 0 Å². The largest absolute Gasteiger partial charge is 1.00 e. The van der Waals surface area contributed by atoms with Crippen LogP contribution in [0, 0.1) is 0 Å². The van der Waals surface area contributed by atoms with Gasteiger partial charge in [0.15, 0.2) is 0 Å². The standard InChI is InChI=1S/C14H14N2O6S2.Li/c1-23(18,19)16-12-6-3-5-11(9-12)15-14(17)10-4-2-7-13(8-10)24(20,21)22;/h2-9,16H,1H3,(H,15,17)(H,20,21,22);/q;+1/p-1. The van der Waals surface area contributed by atoms with E-state index in [9.17, 15) is 26.2 Å². The smallest absolute Gasteiger partial charge is 0.744 e. The zero-order valence-electron chi connectivity index (χ0n) is 13.4. The third-order valence-corrected chi connectivity index (χ3v) is 4.25. The molecule has 0 spiro atoms. The van der Waals surface area contributed by atoms with Gasteiger partial charge in [-0.25, -0.2) is 16.8 Å². The first-order chi connectivity index (χ1) is 11.0. The summed E-state index contributed by atoms with van der Waals surface area (Å²) < 4.78 is 57.6. The Labute approximate surface area is 157 Å². The fraction of sp³-hybridized carbons (Fsp3) is 0.0714. The molecule has 0 aliphatic rings. The third kappa shape index (κ3) is 6.53. The van der Waals surface area contributed by atoms with Crippen LogP contribution in [0.4, 0.5) is 11.4 Å². The van der Waals surface area contributed by atoms with Gasteiger partial charge in [-0.15, -0.1) is 0 Å². The topological polar surface area (TPSA) is 132 Å². The average molecular weight is 376 g/mol. The fourth-order valence-electron chi connectivity index (χ4n) is 1.87. The summed E-state index contributed by atoms with van der Waals surface area (Å²) in [6.07, 6.45) is 0.993. The zero-order chi connectivity index (χ0) is 18.0. The molecule has 0 aromatic heterocycles. The van der Waals surface area contributed by atoms with Gasteiger partial charge in [-0.1, -0.05) is 12.1 Å². The van der Waals surface area contributed by atoms with Crippen LogP contribution in [0.3, 0.4) is 0 Å². The van der Waals surface area contributed by atoms with Crippen LogP contribution in [-0.4, -0.2) is 33.6 Å². The maximum Gasteiger partial charge on any atom is 1.00 e. The zero-order valence-corrected chi connectivity index (χ0v) is 15.0. The number of amides is 1. The Morgan fingerprint density at radius 2 is 1.56 bits per heavy atom. The molecule has 0 bridgehead atoms. The monoisotopic (exact) mass is 376 g/mol. The first-order valence-electron chi connectivity index (χ1n) is 6.50. The van der Waals surface area contributed by atoms with Gasteiger partial charge >= 0.3 is 18.9 Å². The van der Waals surface area contributed by atoms with Crippen molar-refractivity contribution in [1.29, 1.82) is 0 Å². The number of sulfonamides is 1. The molecule has 0 saturated carbocycles. The van der Waals surface area contributed by atoms with E-state index in [0.29, 0.717) is 5.69 Å². The van der Waals surface area contributed by atoms with Gasteiger partial charge in [-0.2, -0.15) is 0 Å². The average Bonchev–Trinajstić information content (AvgIpc) is 2.45. The van der Waals surface area contributed by atoms with Gasteiger partial charge in [-0.3, -0.25) is 9.52 Å². The summed E-state index contributed by atoms with van der Waals surface area (Å²) in [5.41, 5.74) is 0.531. The molecule has 0 atom stereocenters. The molecule has 128 valence electrons. The van der Waals surface area contributed by atoms with Crippen LogP contribution in [-0.2, 0) is 20.1 Å².